The summed E-state index contributed by atoms with van der Waals surface area (Å²) in [5, 5.41) is 0.794. The minimum Gasteiger partial charge on any atom is -0.497 e. The highest BCUT2D eigenvalue weighted by Crippen LogP contribution is 2.40. The first-order chi connectivity index (χ1) is 14.6. The second-order valence-corrected chi connectivity index (χ2v) is 9.08. The van der Waals surface area contributed by atoms with E-state index in [1.165, 1.54) is 24.6 Å². The number of para-hydroxylation sites is 1. The average Bonchev–Trinajstić information content (AvgIpc) is 3.05. The Bertz CT molecular complexity index is 984. The van der Waals surface area contributed by atoms with Crippen LogP contribution < -0.4 is 4.74 Å². The van der Waals surface area contributed by atoms with Crippen LogP contribution in [0.15, 0.2) is 58.4 Å². The number of aryl methyl sites for hydroxylation is 1. The van der Waals surface area contributed by atoms with Gasteiger partial charge in [0.2, 0.25) is 0 Å². The smallest absolute Gasteiger partial charge is 0.267 e. The number of benzene rings is 2. The zero-order valence-electron chi connectivity index (χ0n) is 17.8. The van der Waals surface area contributed by atoms with Gasteiger partial charge in [-0.25, -0.2) is 4.99 Å². The van der Waals surface area contributed by atoms with Crippen LogP contribution in [0.5, 0.6) is 5.75 Å². The number of methoxy groups -OCH3 is 1. The van der Waals surface area contributed by atoms with Crippen LogP contribution in [0.3, 0.4) is 0 Å². The number of ether oxygens (including phenoxy) is 1. The molecule has 2 aliphatic rings. The highest BCUT2D eigenvalue weighted by Gasteiger charge is 2.41. The summed E-state index contributed by atoms with van der Waals surface area (Å²) in [5.74, 6) is 1.37. The molecule has 1 aliphatic heterocycles. The maximum absolute atomic E-state index is 13.5. The molecule has 1 aliphatic carbocycles. The van der Waals surface area contributed by atoms with E-state index in [1.807, 2.05) is 66.4 Å². The first kappa shape index (κ1) is 20.7. The molecule has 4 nitrogen and oxygen atoms in total. The summed E-state index contributed by atoms with van der Waals surface area (Å²) in [4.78, 5) is 21.1. The number of carbonyl (C=O) groups is 1. The van der Waals surface area contributed by atoms with E-state index in [-0.39, 0.29) is 11.9 Å². The van der Waals surface area contributed by atoms with E-state index in [1.54, 1.807) is 7.11 Å². The Kier molecular flexibility index (Phi) is 6.28. The molecule has 4 rings (SSSR count). The molecule has 1 saturated carbocycles. The molecule has 1 heterocycles. The molecule has 2 aromatic carbocycles. The van der Waals surface area contributed by atoms with Gasteiger partial charge in [-0.2, -0.15) is 0 Å². The summed E-state index contributed by atoms with van der Waals surface area (Å²) in [6, 6.07) is 16.1. The van der Waals surface area contributed by atoms with Crippen molar-refractivity contribution in [3.05, 3.63) is 64.6 Å². The topological polar surface area (TPSA) is 41.9 Å². The van der Waals surface area contributed by atoms with Gasteiger partial charge in [-0.15, -0.1) is 0 Å². The molecule has 2 atom stereocenters. The summed E-state index contributed by atoms with van der Waals surface area (Å²) >= 11 is 1.49. The third-order valence-electron chi connectivity index (χ3n) is 5.98. The molecule has 1 saturated heterocycles. The van der Waals surface area contributed by atoms with Crippen LogP contribution in [-0.2, 0) is 4.79 Å². The molecule has 0 aromatic heterocycles. The van der Waals surface area contributed by atoms with Crippen molar-refractivity contribution in [2.24, 2.45) is 10.9 Å². The lowest BCUT2D eigenvalue weighted by Crippen LogP contribution is -2.44. The predicted octanol–water partition coefficient (Wildman–Crippen LogP) is 6.19. The molecule has 1 amide bonds. The predicted molar refractivity (Wildman–Crippen MR) is 125 cm³/mol. The maximum Gasteiger partial charge on any atom is 0.267 e. The quantitative estimate of drug-likeness (QED) is 0.554. The van der Waals surface area contributed by atoms with Crippen molar-refractivity contribution in [2.75, 3.05) is 7.11 Å². The molecule has 0 radical (unpaired) electrons. The Balaban J connectivity index is 1.72. The number of aliphatic imine (C=N–C) groups is 1. The normalized spacial score (nSPS) is 24.6. The molecule has 30 heavy (non-hydrogen) atoms. The van der Waals surface area contributed by atoms with Gasteiger partial charge in [0.25, 0.3) is 5.91 Å². The van der Waals surface area contributed by atoms with Crippen molar-refractivity contribution >= 4 is 34.6 Å². The van der Waals surface area contributed by atoms with Crippen LogP contribution >= 0.6 is 11.8 Å². The van der Waals surface area contributed by atoms with Gasteiger partial charge in [-0.3, -0.25) is 9.69 Å². The Morgan fingerprint density at radius 2 is 1.90 bits per heavy atom. The molecule has 0 unspecified atom stereocenters. The maximum atomic E-state index is 13.5. The number of hydrogen-bond acceptors (Lipinski definition) is 4. The van der Waals surface area contributed by atoms with Crippen molar-refractivity contribution < 1.29 is 9.53 Å². The molecule has 0 spiro atoms. The van der Waals surface area contributed by atoms with Gasteiger partial charge in [0.1, 0.15) is 5.75 Å². The van der Waals surface area contributed by atoms with Crippen molar-refractivity contribution in [1.29, 1.82) is 0 Å². The van der Waals surface area contributed by atoms with E-state index in [2.05, 4.69) is 6.92 Å². The Morgan fingerprint density at radius 3 is 2.60 bits per heavy atom. The number of hydrogen-bond donors (Lipinski definition) is 0. The van der Waals surface area contributed by atoms with Gasteiger partial charge in [0.05, 0.1) is 17.7 Å². The first-order valence-corrected chi connectivity index (χ1v) is 11.4. The number of carbonyl (C=O) groups excluding carboxylic acids is 1. The summed E-state index contributed by atoms with van der Waals surface area (Å²) in [6.07, 6.45) is 6.60. The molecule has 156 valence electrons. The van der Waals surface area contributed by atoms with E-state index in [0.29, 0.717) is 5.92 Å². The summed E-state index contributed by atoms with van der Waals surface area (Å²) < 4.78 is 5.31. The van der Waals surface area contributed by atoms with E-state index >= 15 is 0 Å². The summed E-state index contributed by atoms with van der Waals surface area (Å²) in [5.41, 5.74) is 2.99. The van der Waals surface area contributed by atoms with Gasteiger partial charge >= 0.3 is 0 Å². The minimum atomic E-state index is 0.0728. The monoisotopic (exact) mass is 420 g/mol. The van der Waals surface area contributed by atoms with Gasteiger partial charge in [-0.05, 0) is 78.9 Å². The lowest BCUT2D eigenvalue weighted by Gasteiger charge is -2.35. The van der Waals surface area contributed by atoms with Crippen LogP contribution in [0.2, 0.25) is 0 Å². The number of rotatable bonds is 4. The SMILES string of the molecule is COc1ccc(/C=C2\SC(=Nc3ccccc3)N([C@@H]3CCCC[C@H]3C)C2=O)c(C)c1. The average molecular weight is 421 g/mol. The fourth-order valence-corrected chi connectivity index (χ4v) is 5.26. The number of nitrogens with zero attached hydrogens (tertiary/aromatic N) is 2. The second kappa shape index (κ2) is 9.09. The van der Waals surface area contributed by atoms with Crippen LogP contribution in [0, 0.1) is 12.8 Å². The first-order valence-electron chi connectivity index (χ1n) is 10.6. The van der Waals surface area contributed by atoms with Crippen molar-refractivity contribution in [1.82, 2.24) is 4.90 Å². The van der Waals surface area contributed by atoms with Crippen LogP contribution in [0.4, 0.5) is 5.69 Å². The van der Waals surface area contributed by atoms with Crippen LogP contribution in [0.25, 0.3) is 6.08 Å². The fourth-order valence-electron chi connectivity index (χ4n) is 4.23. The number of thioether (sulfide) groups is 1. The number of amidine groups is 1. The highest BCUT2D eigenvalue weighted by atomic mass is 32.2. The zero-order valence-corrected chi connectivity index (χ0v) is 18.6. The third kappa shape index (κ3) is 4.31. The summed E-state index contributed by atoms with van der Waals surface area (Å²) in [7, 11) is 1.67. The van der Waals surface area contributed by atoms with Crippen molar-refractivity contribution in [3.63, 3.8) is 0 Å². The van der Waals surface area contributed by atoms with E-state index in [9.17, 15) is 4.79 Å². The standard InChI is InChI=1S/C25H28N2O2S/c1-17-9-7-8-12-22(17)27-24(28)23(16-19-13-14-21(29-3)15-18(19)2)30-25(27)26-20-10-5-4-6-11-20/h4-6,10-11,13-17,22H,7-9,12H2,1-3H3/b23-16-,26-25?/t17-,22-/m1/s1. The lowest BCUT2D eigenvalue weighted by atomic mass is 9.85. The van der Waals surface area contributed by atoms with Gasteiger partial charge < -0.3 is 4.74 Å². The Morgan fingerprint density at radius 1 is 1.13 bits per heavy atom. The lowest BCUT2D eigenvalue weighted by molar-refractivity contribution is -0.124. The van der Waals surface area contributed by atoms with Crippen LogP contribution in [0.1, 0.15) is 43.7 Å². The van der Waals surface area contributed by atoms with Crippen molar-refractivity contribution in [2.45, 2.75) is 45.6 Å². The Hall–Kier alpha value is -2.53. The largest absolute Gasteiger partial charge is 0.497 e. The van der Waals surface area contributed by atoms with Crippen LogP contribution in [-0.4, -0.2) is 29.1 Å². The molecule has 5 heteroatoms. The molecular formula is C25H28N2O2S. The van der Waals surface area contributed by atoms with Gasteiger partial charge in [0, 0.05) is 6.04 Å². The van der Waals surface area contributed by atoms with E-state index in [4.69, 9.17) is 9.73 Å². The molecule has 2 fully saturated rings. The molecule has 0 N–H and O–H groups in total. The van der Waals surface area contributed by atoms with E-state index in [0.717, 1.165) is 45.5 Å². The minimum absolute atomic E-state index is 0.0728. The third-order valence-corrected chi connectivity index (χ3v) is 6.96. The number of amides is 1. The second-order valence-electron chi connectivity index (χ2n) is 8.07. The van der Waals surface area contributed by atoms with Crippen molar-refractivity contribution in [3.8, 4) is 5.75 Å². The van der Waals surface area contributed by atoms with Gasteiger partial charge in [0.15, 0.2) is 5.17 Å². The zero-order chi connectivity index (χ0) is 21.1. The fraction of sp³-hybridized carbons (Fsp3) is 0.360. The molecular weight excluding hydrogens is 392 g/mol. The molecule has 2 aromatic rings. The summed E-state index contributed by atoms with van der Waals surface area (Å²) in [6.45, 7) is 4.30. The Labute approximate surface area is 183 Å². The van der Waals surface area contributed by atoms with Gasteiger partial charge in [-0.1, -0.05) is 44.0 Å². The highest BCUT2D eigenvalue weighted by molar-refractivity contribution is 8.18. The van der Waals surface area contributed by atoms with E-state index < -0.39 is 0 Å². The molecule has 0 bridgehead atoms.